The second-order valence-corrected chi connectivity index (χ2v) is 2.20. The van der Waals surface area contributed by atoms with Crippen molar-refractivity contribution in [1.29, 1.82) is 0 Å². The normalized spacial score (nSPS) is 16.8. The molecule has 2 N–H and O–H groups in total. The fraction of sp³-hybridized carbons (Fsp3) is 0.833. The Morgan fingerprint density at radius 2 is 1.75 bits per heavy atom. The van der Waals surface area contributed by atoms with E-state index < -0.39 is 6.16 Å². The molecule has 1 heterocycles. The minimum absolute atomic E-state index is 0. The minimum atomic E-state index is -1.83. The van der Waals surface area contributed by atoms with Crippen molar-refractivity contribution in [3.63, 3.8) is 0 Å². The van der Waals surface area contributed by atoms with Gasteiger partial charge in [0.1, 0.15) is 0 Å². The van der Waals surface area contributed by atoms with E-state index in [1.165, 1.54) is 0 Å². The molecule has 0 aromatic rings. The first-order valence-corrected chi connectivity index (χ1v) is 3.31. The Kier molecular flexibility index (Phi) is 12.6. The number of likely N-dealkylation sites (N-methyl/N-ethyl adjacent to an activating group) is 1. The molecule has 0 radical (unpaired) electrons. The van der Waals surface area contributed by atoms with Gasteiger partial charge in [-0.1, -0.05) is 0 Å². The third-order valence-corrected chi connectivity index (χ3v) is 1.23. The summed E-state index contributed by atoms with van der Waals surface area (Å²) in [5.41, 5.74) is 0. The first kappa shape index (κ1) is 15.3. The maximum absolute atomic E-state index is 8.56. The maximum Gasteiger partial charge on any atom is 1.00 e. The molecule has 0 spiro atoms. The van der Waals surface area contributed by atoms with E-state index in [0.717, 1.165) is 26.3 Å². The van der Waals surface area contributed by atoms with Crippen molar-refractivity contribution in [2.75, 3.05) is 33.4 Å². The molecule has 1 saturated heterocycles. The molecule has 1 aliphatic rings. The fourth-order valence-corrected chi connectivity index (χ4v) is 0.655. The zero-order valence-corrected chi connectivity index (χ0v) is 10.6. The Labute approximate surface area is 116 Å². The predicted octanol–water partition coefficient (Wildman–Crippen LogP) is -2.71. The van der Waals surface area contributed by atoms with E-state index in [0.29, 0.717) is 0 Å². The molecule has 0 atom stereocenters. The Balaban J connectivity index is -0.000000150. The molecular weight excluding hydrogens is 189 g/mol. The zero-order valence-electron chi connectivity index (χ0n) is 8.49. The molecule has 0 aromatic heterocycles. The quantitative estimate of drug-likeness (QED) is 0.419. The van der Waals surface area contributed by atoms with Gasteiger partial charge in [-0.3, -0.25) is 0 Å². The topological polar surface area (TPSA) is 70.0 Å². The van der Waals surface area contributed by atoms with Crippen molar-refractivity contribution in [3.8, 4) is 0 Å². The second kappa shape index (κ2) is 9.91. The number of ether oxygens (including phenoxy) is 1. The first-order valence-electron chi connectivity index (χ1n) is 3.31. The fourth-order valence-electron chi connectivity index (χ4n) is 0.655. The van der Waals surface area contributed by atoms with Gasteiger partial charge in [-0.25, -0.2) is 4.79 Å². The van der Waals surface area contributed by atoms with E-state index in [4.69, 9.17) is 19.7 Å². The van der Waals surface area contributed by atoms with E-state index in [1.54, 1.807) is 0 Å². The van der Waals surface area contributed by atoms with E-state index in [1.807, 2.05) is 0 Å². The van der Waals surface area contributed by atoms with Crippen molar-refractivity contribution in [2.24, 2.45) is 0 Å². The van der Waals surface area contributed by atoms with Crippen LogP contribution >= 0.6 is 0 Å². The first-order chi connectivity index (χ1) is 5.13. The van der Waals surface area contributed by atoms with Crippen LogP contribution in [0.4, 0.5) is 4.79 Å². The number of carbonyl (C=O) groups is 1. The summed E-state index contributed by atoms with van der Waals surface area (Å²) in [6, 6.07) is 0. The Morgan fingerprint density at radius 3 is 1.92 bits per heavy atom. The van der Waals surface area contributed by atoms with Gasteiger partial charge < -0.3 is 21.3 Å². The van der Waals surface area contributed by atoms with E-state index >= 15 is 0 Å². The maximum atomic E-state index is 8.56. The Morgan fingerprint density at radius 1 is 1.42 bits per heavy atom. The predicted molar refractivity (Wildman–Crippen MR) is 40.1 cm³/mol. The molecule has 0 saturated carbocycles. The van der Waals surface area contributed by atoms with Crippen LogP contribution in [0.2, 0.25) is 0 Å². The molecule has 6 heteroatoms. The van der Waals surface area contributed by atoms with Gasteiger partial charge in [0, 0.05) is 13.1 Å². The van der Waals surface area contributed by atoms with Gasteiger partial charge in [0.05, 0.1) is 13.2 Å². The van der Waals surface area contributed by atoms with Crippen LogP contribution in [-0.2, 0) is 4.74 Å². The van der Waals surface area contributed by atoms with Crippen LogP contribution in [-0.4, -0.2) is 54.6 Å². The summed E-state index contributed by atoms with van der Waals surface area (Å²) < 4.78 is 5.10. The monoisotopic (exact) mass is 203 g/mol. The van der Waals surface area contributed by atoms with Gasteiger partial charge in [0.25, 0.3) is 0 Å². The van der Waals surface area contributed by atoms with Crippen LogP contribution in [0.5, 0.6) is 0 Å². The van der Waals surface area contributed by atoms with E-state index in [9.17, 15) is 0 Å². The number of hydrogen-bond acceptors (Lipinski definition) is 3. The number of carboxylic acid groups (broad SMARTS) is 2. The molecule has 12 heavy (non-hydrogen) atoms. The molecule has 0 unspecified atom stereocenters. The van der Waals surface area contributed by atoms with Gasteiger partial charge in [-0.2, -0.15) is 0 Å². The second-order valence-electron chi connectivity index (χ2n) is 2.20. The third-order valence-electron chi connectivity index (χ3n) is 1.23. The third kappa shape index (κ3) is 13.4. The zero-order chi connectivity index (χ0) is 8.69. The summed E-state index contributed by atoms with van der Waals surface area (Å²) >= 11 is 0. The molecule has 0 bridgehead atoms. The number of hydrogen-bond donors (Lipinski definition) is 2. The smallest absolute Gasteiger partial charge is 1.00 e. The largest absolute Gasteiger partial charge is 1.00 e. The van der Waals surface area contributed by atoms with Crippen molar-refractivity contribution < 1.29 is 72.6 Å². The van der Waals surface area contributed by atoms with Crippen LogP contribution in [0.1, 0.15) is 1.43 Å². The molecular formula is C6H14KNO4. The van der Waals surface area contributed by atoms with Crippen molar-refractivity contribution >= 4 is 6.16 Å². The molecule has 1 rings (SSSR count). The van der Waals surface area contributed by atoms with Gasteiger partial charge in [0.2, 0.25) is 0 Å². The van der Waals surface area contributed by atoms with Gasteiger partial charge in [-0.15, -0.1) is 0 Å². The number of nitrogens with zero attached hydrogens (tertiary/aromatic N) is 1. The molecule has 68 valence electrons. The van der Waals surface area contributed by atoms with E-state index in [2.05, 4.69) is 11.9 Å². The standard InChI is InChI=1S/C5H11NO.CH2O3.K.H/c1-6-2-4-7-5-3-6;2-1(3)4;;/h2-5H2,1H3;(H2,2,3,4);;/q;;+1;-1. The molecule has 5 nitrogen and oxygen atoms in total. The van der Waals surface area contributed by atoms with Gasteiger partial charge >= 0.3 is 57.5 Å². The summed E-state index contributed by atoms with van der Waals surface area (Å²) in [5, 5.41) is 13.9. The van der Waals surface area contributed by atoms with Crippen molar-refractivity contribution in [2.45, 2.75) is 0 Å². The van der Waals surface area contributed by atoms with Gasteiger partial charge in [0.15, 0.2) is 0 Å². The van der Waals surface area contributed by atoms with Gasteiger partial charge in [-0.05, 0) is 7.05 Å². The summed E-state index contributed by atoms with van der Waals surface area (Å²) in [5.74, 6) is 0. The number of morpholine rings is 1. The van der Waals surface area contributed by atoms with Crippen LogP contribution in [0.25, 0.3) is 0 Å². The summed E-state index contributed by atoms with van der Waals surface area (Å²) in [7, 11) is 2.11. The van der Waals surface area contributed by atoms with Crippen LogP contribution in [0, 0.1) is 0 Å². The summed E-state index contributed by atoms with van der Waals surface area (Å²) in [6.45, 7) is 4.02. The molecule has 1 aliphatic heterocycles. The van der Waals surface area contributed by atoms with Crippen molar-refractivity contribution in [3.05, 3.63) is 0 Å². The molecule has 0 amide bonds. The minimum Gasteiger partial charge on any atom is -1.00 e. The van der Waals surface area contributed by atoms with Crippen LogP contribution < -0.4 is 51.4 Å². The van der Waals surface area contributed by atoms with Crippen LogP contribution in [0.3, 0.4) is 0 Å². The summed E-state index contributed by atoms with van der Waals surface area (Å²) in [4.78, 5) is 10.8. The molecule has 0 aromatic carbocycles. The Bertz CT molecular complexity index is 117. The van der Waals surface area contributed by atoms with Crippen LogP contribution in [0.15, 0.2) is 0 Å². The van der Waals surface area contributed by atoms with Crippen molar-refractivity contribution in [1.82, 2.24) is 4.90 Å². The average molecular weight is 203 g/mol. The Hall–Kier alpha value is 0.826. The number of rotatable bonds is 0. The SMILES string of the molecule is CN1CCOCC1.O=C(O)O.[H-].[K+]. The molecule has 0 aliphatic carbocycles. The summed E-state index contributed by atoms with van der Waals surface area (Å²) in [6.07, 6.45) is -1.83. The van der Waals surface area contributed by atoms with E-state index in [-0.39, 0.29) is 52.8 Å². The molecule has 1 fully saturated rings. The average Bonchev–Trinajstić information content (AvgIpc) is 1.87.